The van der Waals surface area contributed by atoms with Gasteiger partial charge in [-0.15, -0.1) is 0 Å². The van der Waals surface area contributed by atoms with E-state index in [4.69, 9.17) is 4.74 Å². The maximum absolute atomic E-state index is 12.3. The third-order valence-corrected chi connectivity index (χ3v) is 4.13. The number of benzene rings is 1. The quantitative estimate of drug-likeness (QED) is 0.679. The van der Waals surface area contributed by atoms with Crippen LogP contribution in [0.4, 0.5) is 5.69 Å². The molecule has 1 saturated heterocycles. The van der Waals surface area contributed by atoms with Crippen LogP contribution >= 0.6 is 0 Å². The summed E-state index contributed by atoms with van der Waals surface area (Å²) >= 11 is 0. The normalized spacial score (nSPS) is 24.1. The Morgan fingerprint density at radius 1 is 1.10 bits per heavy atom. The van der Waals surface area contributed by atoms with E-state index in [9.17, 15) is 9.59 Å². The highest BCUT2D eigenvalue weighted by atomic mass is 16.5. The molecular formula is C16H18N2O3. The second-order valence-electron chi connectivity index (χ2n) is 5.32. The minimum Gasteiger partial charge on any atom is -0.497 e. The molecular weight excluding hydrogens is 268 g/mol. The van der Waals surface area contributed by atoms with Crippen LogP contribution in [0.3, 0.4) is 0 Å². The van der Waals surface area contributed by atoms with Gasteiger partial charge in [-0.1, -0.05) is 12.2 Å². The van der Waals surface area contributed by atoms with E-state index in [2.05, 4.69) is 5.32 Å². The Balaban J connectivity index is 1.65. The molecule has 110 valence electrons. The van der Waals surface area contributed by atoms with Gasteiger partial charge in [0, 0.05) is 5.69 Å². The first-order valence-corrected chi connectivity index (χ1v) is 7.09. The lowest BCUT2D eigenvalue weighted by Gasteiger charge is -2.16. The molecule has 2 atom stereocenters. The fraction of sp³-hybridized carbons (Fsp3) is 0.375. The van der Waals surface area contributed by atoms with E-state index in [0.717, 1.165) is 11.4 Å². The van der Waals surface area contributed by atoms with E-state index in [1.807, 2.05) is 36.4 Å². The molecule has 0 unspecified atom stereocenters. The van der Waals surface area contributed by atoms with Crippen LogP contribution in [0.2, 0.25) is 0 Å². The van der Waals surface area contributed by atoms with Crippen molar-refractivity contribution in [1.29, 1.82) is 0 Å². The summed E-state index contributed by atoms with van der Waals surface area (Å²) < 4.78 is 5.09. The number of hydrogen-bond donors (Lipinski definition) is 1. The van der Waals surface area contributed by atoms with E-state index in [1.54, 1.807) is 7.11 Å². The Labute approximate surface area is 123 Å². The van der Waals surface area contributed by atoms with Gasteiger partial charge in [0.25, 0.3) is 0 Å². The number of likely N-dealkylation sites (tertiary alicyclic amines) is 1. The molecule has 3 rings (SSSR count). The predicted molar refractivity (Wildman–Crippen MR) is 78.7 cm³/mol. The van der Waals surface area contributed by atoms with Crippen LogP contribution in [-0.4, -0.2) is 30.5 Å². The van der Waals surface area contributed by atoms with Gasteiger partial charge in [-0.3, -0.25) is 14.5 Å². The van der Waals surface area contributed by atoms with Crippen LogP contribution in [0.25, 0.3) is 0 Å². The summed E-state index contributed by atoms with van der Waals surface area (Å²) in [6.07, 6.45) is 5.34. The molecule has 0 bridgehead atoms. The zero-order valence-electron chi connectivity index (χ0n) is 11.9. The number of rotatable bonds is 4. The van der Waals surface area contributed by atoms with Crippen molar-refractivity contribution in [2.24, 2.45) is 11.8 Å². The van der Waals surface area contributed by atoms with Crippen LogP contribution in [-0.2, 0) is 9.59 Å². The molecule has 0 saturated carbocycles. The molecule has 5 heteroatoms. The number of carbonyl (C=O) groups excluding carboxylic acids is 2. The molecule has 1 N–H and O–H groups in total. The fourth-order valence-corrected chi connectivity index (χ4v) is 2.90. The van der Waals surface area contributed by atoms with Crippen molar-refractivity contribution >= 4 is 17.5 Å². The van der Waals surface area contributed by atoms with Crippen LogP contribution < -0.4 is 10.1 Å². The van der Waals surface area contributed by atoms with Gasteiger partial charge in [0.05, 0.1) is 25.6 Å². The molecule has 1 aromatic carbocycles. The second-order valence-corrected chi connectivity index (χ2v) is 5.32. The number of nitrogens with one attached hydrogen (secondary N) is 1. The first-order chi connectivity index (χ1) is 10.2. The van der Waals surface area contributed by atoms with Crippen molar-refractivity contribution in [3.63, 3.8) is 0 Å². The highest BCUT2D eigenvalue weighted by Gasteiger charge is 2.46. The number of imide groups is 1. The third kappa shape index (κ3) is 2.51. The maximum atomic E-state index is 12.3. The third-order valence-electron chi connectivity index (χ3n) is 4.13. The molecule has 5 nitrogen and oxygen atoms in total. The minimum atomic E-state index is -0.167. The highest BCUT2D eigenvalue weighted by molar-refractivity contribution is 6.05. The summed E-state index contributed by atoms with van der Waals surface area (Å²) in [5.41, 5.74) is 0.851. The smallest absolute Gasteiger partial charge is 0.234 e. The van der Waals surface area contributed by atoms with Gasteiger partial charge in [0.1, 0.15) is 5.75 Å². The number of carbonyl (C=O) groups is 2. The second kappa shape index (κ2) is 5.60. The monoisotopic (exact) mass is 286 g/mol. The maximum Gasteiger partial charge on any atom is 0.234 e. The number of ether oxygens (including phenoxy) is 1. The number of allylic oxidation sites excluding steroid dienone is 2. The Bertz CT molecular complexity index is 554. The lowest BCUT2D eigenvalue weighted by atomic mass is 9.85. The van der Waals surface area contributed by atoms with Crippen molar-refractivity contribution in [1.82, 2.24) is 4.90 Å². The van der Waals surface area contributed by atoms with E-state index in [-0.39, 0.29) is 30.3 Å². The van der Waals surface area contributed by atoms with Crippen molar-refractivity contribution in [3.05, 3.63) is 36.4 Å². The van der Waals surface area contributed by atoms with Crippen LogP contribution in [0, 0.1) is 11.8 Å². The van der Waals surface area contributed by atoms with Gasteiger partial charge in [-0.2, -0.15) is 0 Å². The Kier molecular flexibility index (Phi) is 3.64. The van der Waals surface area contributed by atoms with Gasteiger partial charge < -0.3 is 10.1 Å². The van der Waals surface area contributed by atoms with Gasteiger partial charge in [-0.05, 0) is 37.1 Å². The van der Waals surface area contributed by atoms with E-state index in [0.29, 0.717) is 12.8 Å². The Hall–Kier alpha value is -2.30. The molecule has 0 radical (unpaired) electrons. The Morgan fingerprint density at radius 2 is 1.67 bits per heavy atom. The number of amides is 2. The summed E-state index contributed by atoms with van der Waals surface area (Å²) in [6.45, 7) is 0.219. The average Bonchev–Trinajstić information content (AvgIpc) is 2.78. The number of methoxy groups -OCH3 is 1. The summed E-state index contributed by atoms with van der Waals surface area (Å²) in [5, 5.41) is 3.12. The molecule has 2 aliphatic rings. The zero-order valence-corrected chi connectivity index (χ0v) is 11.9. The van der Waals surface area contributed by atoms with Crippen molar-refractivity contribution in [2.75, 3.05) is 19.1 Å². The van der Waals surface area contributed by atoms with E-state index >= 15 is 0 Å². The van der Waals surface area contributed by atoms with E-state index in [1.165, 1.54) is 4.90 Å². The van der Waals surface area contributed by atoms with Crippen molar-refractivity contribution in [2.45, 2.75) is 12.8 Å². The van der Waals surface area contributed by atoms with Crippen LogP contribution in [0.5, 0.6) is 5.75 Å². The molecule has 1 aliphatic carbocycles. The highest BCUT2D eigenvalue weighted by Crippen LogP contribution is 2.34. The molecule has 0 spiro atoms. The van der Waals surface area contributed by atoms with Crippen molar-refractivity contribution in [3.8, 4) is 5.75 Å². The largest absolute Gasteiger partial charge is 0.497 e. The van der Waals surface area contributed by atoms with Gasteiger partial charge in [-0.25, -0.2) is 0 Å². The zero-order chi connectivity index (χ0) is 14.8. The molecule has 1 heterocycles. The molecule has 1 aromatic rings. The number of hydrogen-bond acceptors (Lipinski definition) is 4. The standard InChI is InChI=1S/C16H18N2O3/c1-21-12-8-6-11(7-9-12)17-10-18-15(19)13-4-2-3-5-14(13)16(18)20/h2-3,6-9,13-14,17H,4-5,10H2,1H3/t13-,14-/m0/s1. The number of anilines is 1. The van der Waals surface area contributed by atoms with E-state index < -0.39 is 0 Å². The first kappa shape index (κ1) is 13.7. The van der Waals surface area contributed by atoms with Crippen LogP contribution in [0.1, 0.15) is 12.8 Å². The lowest BCUT2D eigenvalue weighted by Crippen LogP contribution is -2.35. The fourth-order valence-electron chi connectivity index (χ4n) is 2.90. The summed E-state index contributed by atoms with van der Waals surface area (Å²) in [4.78, 5) is 25.9. The number of fused-ring (bicyclic) bond motifs is 1. The average molecular weight is 286 g/mol. The van der Waals surface area contributed by atoms with Crippen LogP contribution in [0.15, 0.2) is 36.4 Å². The molecule has 1 fully saturated rings. The van der Waals surface area contributed by atoms with Gasteiger partial charge in [0.2, 0.25) is 11.8 Å². The molecule has 0 aromatic heterocycles. The first-order valence-electron chi connectivity index (χ1n) is 7.09. The molecule has 2 amide bonds. The summed E-state index contributed by atoms with van der Waals surface area (Å²) in [6, 6.07) is 7.39. The number of nitrogens with zero attached hydrogens (tertiary/aromatic N) is 1. The molecule has 21 heavy (non-hydrogen) atoms. The Morgan fingerprint density at radius 3 is 2.19 bits per heavy atom. The predicted octanol–water partition coefficient (Wildman–Crippen LogP) is 2.02. The summed E-state index contributed by atoms with van der Waals surface area (Å²) in [7, 11) is 1.61. The molecule has 1 aliphatic heterocycles. The topological polar surface area (TPSA) is 58.6 Å². The van der Waals surface area contributed by atoms with Gasteiger partial charge >= 0.3 is 0 Å². The SMILES string of the molecule is COc1ccc(NCN2C(=O)[C@H]3CC=CC[C@@H]3C2=O)cc1. The lowest BCUT2D eigenvalue weighted by molar-refractivity contribution is -0.139. The summed E-state index contributed by atoms with van der Waals surface area (Å²) in [5.74, 6) is 0.317. The minimum absolute atomic E-state index is 0.0599. The van der Waals surface area contributed by atoms with Crippen molar-refractivity contribution < 1.29 is 14.3 Å². The van der Waals surface area contributed by atoms with Gasteiger partial charge in [0.15, 0.2) is 0 Å².